The predicted molar refractivity (Wildman–Crippen MR) is 88.6 cm³/mol. The van der Waals surface area contributed by atoms with Crippen LogP contribution in [0.15, 0.2) is 48.5 Å². The van der Waals surface area contributed by atoms with Crippen LogP contribution in [0.2, 0.25) is 0 Å². The molecule has 0 bridgehead atoms. The monoisotopic (exact) mass is 282 g/mol. The Morgan fingerprint density at radius 1 is 1.00 bits per heavy atom. The fourth-order valence-electron chi connectivity index (χ4n) is 3.02. The fraction of sp³-hybridized carbons (Fsp3) is 0.333. The van der Waals surface area contributed by atoms with Crippen molar-refractivity contribution in [3.8, 4) is 0 Å². The van der Waals surface area contributed by atoms with Crippen LogP contribution in [-0.4, -0.2) is 26.2 Å². The van der Waals surface area contributed by atoms with Crippen LogP contribution in [0, 0.1) is 6.92 Å². The van der Waals surface area contributed by atoms with Crippen molar-refractivity contribution in [3.63, 3.8) is 0 Å². The van der Waals surface area contributed by atoms with E-state index in [0.29, 0.717) is 0 Å². The van der Waals surface area contributed by atoms with Crippen molar-refractivity contribution in [3.05, 3.63) is 59.7 Å². The number of nitrogen functional groups attached to an aromatic ring is 1. The van der Waals surface area contributed by atoms with Crippen molar-refractivity contribution in [1.29, 1.82) is 0 Å². The summed E-state index contributed by atoms with van der Waals surface area (Å²) in [5, 5.41) is 0. The minimum Gasteiger partial charge on any atom is -0.399 e. The molecule has 21 heavy (non-hydrogen) atoms. The maximum Gasteiger partial charge on any atom is 0.103 e. The molecule has 0 saturated carbocycles. The van der Waals surface area contributed by atoms with Crippen LogP contribution in [0.5, 0.6) is 0 Å². The van der Waals surface area contributed by atoms with Crippen molar-refractivity contribution in [2.75, 3.05) is 36.8 Å². The van der Waals surface area contributed by atoms with E-state index in [-0.39, 0.29) is 0 Å². The van der Waals surface area contributed by atoms with Gasteiger partial charge in [0.15, 0.2) is 0 Å². The molecule has 1 fully saturated rings. The Hall–Kier alpha value is -2.00. The van der Waals surface area contributed by atoms with Gasteiger partial charge in [0.2, 0.25) is 0 Å². The molecule has 0 amide bonds. The Morgan fingerprint density at radius 2 is 1.67 bits per heavy atom. The smallest absolute Gasteiger partial charge is 0.103 e. The van der Waals surface area contributed by atoms with E-state index in [9.17, 15) is 0 Å². The van der Waals surface area contributed by atoms with Crippen molar-refractivity contribution >= 4 is 11.4 Å². The van der Waals surface area contributed by atoms with E-state index in [4.69, 9.17) is 5.73 Å². The number of anilines is 2. The van der Waals surface area contributed by atoms with Gasteiger partial charge in [-0.05, 0) is 36.8 Å². The van der Waals surface area contributed by atoms with E-state index >= 15 is 0 Å². The van der Waals surface area contributed by atoms with E-state index in [1.807, 2.05) is 12.1 Å². The number of nitrogens with two attached hydrogens (primary N) is 1. The number of hydrogen-bond acceptors (Lipinski definition) is 2. The third-order valence-electron chi connectivity index (χ3n) is 4.43. The molecule has 1 aliphatic heterocycles. The number of rotatable bonds is 3. The van der Waals surface area contributed by atoms with Gasteiger partial charge in [0.05, 0.1) is 26.2 Å². The van der Waals surface area contributed by atoms with Gasteiger partial charge in [0.25, 0.3) is 0 Å². The molecule has 1 aliphatic rings. The Balaban J connectivity index is 1.58. The summed E-state index contributed by atoms with van der Waals surface area (Å²) >= 11 is 0. The first kappa shape index (κ1) is 14.0. The van der Waals surface area contributed by atoms with E-state index in [2.05, 4.69) is 48.2 Å². The second-order valence-corrected chi connectivity index (χ2v) is 5.93. The third-order valence-corrected chi connectivity index (χ3v) is 4.43. The minimum absolute atomic E-state index is 0.836. The number of piperazine rings is 1. The van der Waals surface area contributed by atoms with Gasteiger partial charge < -0.3 is 15.5 Å². The lowest BCUT2D eigenvalue weighted by molar-refractivity contribution is -0.914. The summed E-state index contributed by atoms with van der Waals surface area (Å²) in [6.07, 6.45) is 0. The average molecular weight is 282 g/mol. The Morgan fingerprint density at radius 3 is 2.33 bits per heavy atom. The molecule has 1 heterocycles. The molecule has 1 saturated heterocycles. The molecule has 3 heteroatoms. The van der Waals surface area contributed by atoms with Crippen LogP contribution in [0.25, 0.3) is 0 Å². The van der Waals surface area contributed by atoms with Gasteiger partial charge in [0, 0.05) is 16.9 Å². The minimum atomic E-state index is 0.836. The molecule has 110 valence electrons. The lowest BCUT2D eigenvalue weighted by atomic mass is 10.1. The van der Waals surface area contributed by atoms with Crippen molar-refractivity contribution in [2.45, 2.75) is 13.5 Å². The summed E-state index contributed by atoms with van der Waals surface area (Å²) in [4.78, 5) is 4.14. The standard InChI is InChI=1S/C18H23N3/c1-15-4-2-3-5-16(15)14-20-10-12-21(13-11-20)18-8-6-17(19)7-9-18/h2-9H,10-14,19H2,1H3/p+1. The molecular weight excluding hydrogens is 258 g/mol. The van der Waals surface area contributed by atoms with Gasteiger partial charge in [-0.1, -0.05) is 24.3 Å². The Labute approximate surface area is 127 Å². The highest BCUT2D eigenvalue weighted by Gasteiger charge is 2.20. The van der Waals surface area contributed by atoms with Crippen LogP contribution in [-0.2, 0) is 6.54 Å². The quantitative estimate of drug-likeness (QED) is 0.836. The third kappa shape index (κ3) is 3.37. The number of nitrogens with zero attached hydrogens (tertiary/aromatic N) is 1. The number of nitrogens with one attached hydrogen (secondary N) is 1. The van der Waals surface area contributed by atoms with E-state index in [1.165, 1.54) is 29.9 Å². The predicted octanol–water partition coefficient (Wildman–Crippen LogP) is 1.48. The number of benzene rings is 2. The van der Waals surface area contributed by atoms with Gasteiger partial charge in [0.1, 0.15) is 6.54 Å². The summed E-state index contributed by atoms with van der Waals surface area (Å²) < 4.78 is 0. The van der Waals surface area contributed by atoms with Gasteiger partial charge in [-0.3, -0.25) is 0 Å². The van der Waals surface area contributed by atoms with Crippen LogP contribution >= 0.6 is 0 Å². The second kappa shape index (κ2) is 6.19. The average Bonchev–Trinajstić information content (AvgIpc) is 2.51. The maximum absolute atomic E-state index is 5.76. The van der Waals surface area contributed by atoms with E-state index < -0.39 is 0 Å². The Kier molecular flexibility index (Phi) is 4.11. The molecule has 2 aromatic rings. The zero-order valence-corrected chi connectivity index (χ0v) is 12.7. The first-order valence-electron chi connectivity index (χ1n) is 7.71. The maximum atomic E-state index is 5.76. The summed E-state index contributed by atoms with van der Waals surface area (Å²) in [6.45, 7) is 7.97. The van der Waals surface area contributed by atoms with Gasteiger partial charge >= 0.3 is 0 Å². The SMILES string of the molecule is Cc1ccccc1C[NH+]1CCN(c2ccc(N)cc2)CC1. The van der Waals surface area contributed by atoms with Crippen LogP contribution < -0.4 is 15.5 Å². The lowest BCUT2D eigenvalue weighted by Gasteiger charge is -2.34. The summed E-state index contributed by atoms with van der Waals surface area (Å²) in [5.41, 5.74) is 10.8. The molecule has 3 rings (SSSR count). The van der Waals surface area contributed by atoms with E-state index in [1.54, 1.807) is 4.90 Å². The van der Waals surface area contributed by atoms with Crippen molar-refractivity contribution in [1.82, 2.24) is 0 Å². The molecule has 3 N–H and O–H groups in total. The molecule has 0 unspecified atom stereocenters. The topological polar surface area (TPSA) is 33.7 Å². The normalized spacial score (nSPS) is 16.1. The molecule has 0 aliphatic carbocycles. The zero-order valence-electron chi connectivity index (χ0n) is 12.7. The van der Waals surface area contributed by atoms with Crippen molar-refractivity contribution in [2.24, 2.45) is 0 Å². The summed E-state index contributed by atoms with van der Waals surface area (Å²) in [7, 11) is 0. The molecule has 0 aromatic heterocycles. The Bertz CT molecular complexity index is 584. The molecular formula is C18H24N3+. The molecule has 2 aromatic carbocycles. The van der Waals surface area contributed by atoms with Gasteiger partial charge in [-0.2, -0.15) is 0 Å². The lowest BCUT2D eigenvalue weighted by Crippen LogP contribution is -3.13. The molecule has 0 atom stereocenters. The zero-order chi connectivity index (χ0) is 14.7. The highest BCUT2D eigenvalue weighted by Crippen LogP contribution is 2.16. The second-order valence-electron chi connectivity index (χ2n) is 5.93. The highest BCUT2D eigenvalue weighted by molar-refractivity contribution is 5.53. The van der Waals surface area contributed by atoms with Crippen LogP contribution in [0.4, 0.5) is 11.4 Å². The highest BCUT2D eigenvalue weighted by atomic mass is 15.3. The number of hydrogen-bond donors (Lipinski definition) is 2. The molecule has 0 radical (unpaired) electrons. The van der Waals surface area contributed by atoms with Crippen LogP contribution in [0.3, 0.4) is 0 Å². The molecule has 3 nitrogen and oxygen atoms in total. The summed E-state index contributed by atoms with van der Waals surface area (Å²) in [6, 6.07) is 17.0. The first-order valence-corrected chi connectivity index (χ1v) is 7.71. The van der Waals surface area contributed by atoms with Gasteiger partial charge in [-0.25, -0.2) is 0 Å². The number of aryl methyl sites for hydroxylation is 1. The van der Waals surface area contributed by atoms with Crippen molar-refractivity contribution < 1.29 is 4.90 Å². The summed E-state index contributed by atoms with van der Waals surface area (Å²) in [5.74, 6) is 0. The van der Waals surface area contributed by atoms with Crippen LogP contribution in [0.1, 0.15) is 11.1 Å². The number of quaternary nitrogens is 1. The van der Waals surface area contributed by atoms with Gasteiger partial charge in [-0.15, -0.1) is 0 Å². The fourth-order valence-corrected chi connectivity index (χ4v) is 3.02. The largest absolute Gasteiger partial charge is 0.399 e. The first-order chi connectivity index (χ1) is 10.2. The molecule has 0 spiro atoms. The van der Waals surface area contributed by atoms with E-state index in [0.717, 1.165) is 25.3 Å².